The molecule has 9 rings (SSSR count). The molecule has 0 amide bonds. The average Bonchev–Trinajstić information content (AvgIpc) is 3.60. The second-order valence-electron chi connectivity index (χ2n) is 11.6. The van der Waals surface area contributed by atoms with Crippen LogP contribution in [0.2, 0.25) is 0 Å². The zero-order chi connectivity index (χ0) is 29.0. The fraction of sp³-hybridized carbons (Fsp3) is 0.0750. The summed E-state index contributed by atoms with van der Waals surface area (Å²) in [7, 11) is 0. The van der Waals surface area contributed by atoms with Crippen molar-refractivity contribution in [1.82, 2.24) is 14.5 Å². The highest BCUT2D eigenvalue weighted by Crippen LogP contribution is 2.40. The summed E-state index contributed by atoms with van der Waals surface area (Å²) in [5, 5.41) is 8.81. The molecule has 0 spiro atoms. The smallest absolute Gasteiger partial charge is 0.201 e. The first-order valence-electron chi connectivity index (χ1n) is 15.3. The molecule has 210 valence electrons. The van der Waals surface area contributed by atoms with Gasteiger partial charge < -0.3 is 14.5 Å². The first-order valence-corrected chi connectivity index (χ1v) is 15.3. The number of aliphatic imine (C=N–C) groups is 1. The Labute approximate surface area is 255 Å². The van der Waals surface area contributed by atoms with Crippen LogP contribution in [0.3, 0.4) is 0 Å². The van der Waals surface area contributed by atoms with Gasteiger partial charge in [-0.3, -0.25) is 0 Å². The first-order chi connectivity index (χ1) is 21.8. The number of aromatic nitrogens is 2. The van der Waals surface area contributed by atoms with Gasteiger partial charge in [0, 0.05) is 44.6 Å². The average molecular weight is 567 g/mol. The molecule has 5 aromatic carbocycles. The van der Waals surface area contributed by atoms with Crippen LogP contribution in [0, 0.1) is 5.92 Å². The van der Waals surface area contributed by atoms with Gasteiger partial charge in [-0.05, 0) is 54.5 Å². The Hall–Kier alpha value is -5.61. The van der Waals surface area contributed by atoms with Gasteiger partial charge in [-0.15, -0.1) is 0 Å². The van der Waals surface area contributed by atoms with Gasteiger partial charge >= 0.3 is 0 Å². The largest absolute Gasteiger partial charge is 0.346 e. The lowest BCUT2D eigenvalue weighted by atomic mass is 9.93. The molecular weight excluding hydrogens is 536 g/mol. The second kappa shape index (κ2) is 9.99. The summed E-state index contributed by atoms with van der Waals surface area (Å²) in [4.78, 5) is 5.43. The number of fused-ring (bicyclic) bond motifs is 6. The van der Waals surface area contributed by atoms with Gasteiger partial charge in [0.15, 0.2) is 0 Å². The van der Waals surface area contributed by atoms with Crippen molar-refractivity contribution >= 4 is 55.0 Å². The molecule has 0 fully saturated rings. The molecule has 0 saturated heterocycles. The minimum absolute atomic E-state index is 0.240. The molecule has 2 unspecified atom stereocenters. The van der Waals surface area contributed by atoms with E-state index in [0.717, 1.165) is 34.6 Å². The van der Waals surface area contributed by atoms with Gasteiger partial charge in [-0.1, -0.05) is 109 Å². The lowest BCUT2D eigenvalue weighted by Crippen LogP contribution is -2.30. The zero-order valence-corrected chi connectivity index (χ0v) is 24.1. The fourth-order valence-electron chi connectivity index (χ4n) is 7.03. The minimum atomic E-state index is -0.307. The van der Waals surface area contributed by atoms with E-state index in [1.165, 1.54) is 38.1 Å². The number of nitrogens with zero attached hydrogens (tertiary/aromatic N) is 3. The van der Waals surface area contributed by atoms with Crippen molar-refractivity contribution in [2.75, 3.05) is 0 Å². The van der Waals surface area contributed by atoms with E-state index in [1.54, 1.807) is 0 Å². The van der Waals surface area contributed by atoms with Gasteiger partial charge in [-0.25, -0.2) is 4.99 Å². The summed E-state index contributed by atoms with van der Waals surface area (Å²) in [5.41, 5.74) is 9.23. The van der Waals surface area contributed by atoms with Gasteiger partial charge in [0.1, 0.15) is 0 Å². The van der Waals surface area contributed by atoms with Crippen LogP contribution in [0.25, 0.3) is 55.0 Å². The van der Waals surface area contributed by atoms with E-state index in [-0.39, 0.29) is 12.2 Å². The number of benzene rings is 5. The quantitative estimate of drug-likeness (QED) is 0.226. The van der Waals surface area contributed by atoms with E-state index in [9.17, 15) is 0 Å². The highest BCUT2D eigenvalue weighted by atomic mass is 15.3. The molecule has 0 saturated carbocycles. The van der Waals surface area contributed by atoms with Crippen LogP contribution in [0.4, 0.5) is 0 Å². The third-order valence-electron chi connectivity index (χ3n) is 9.06. The van der Waals surface area contributed by atoms with E-state index < -0.39 is 0 Å². The lowest BCUT2D eigenvalue weighted by Gasteiger charge is -2.29. The maximum atomic E-state index is 5.43. The number of hydrogen-bond acceptors (Lipinski definition) is 2. The standard InChI is InChI=1S/C40H30N4/c1-4-14-27(15-5-1)34-25-35(28-16-6-2-7-17-28)42-40(41-34)44-37-23-13-11-21-31(37)33-24-32-30-20-10-12-22-36(30)43(38(32)26-39(33)44)29-18-8-3-9-19-29/h1-16,18-26,28,40-41H,17H2. The van der Waals surface area contributed by atoms with E-state index >= 15 is 0 Å². The highest BCUT2D eigenvalue weighted by Gasteiger charge is 2.26. The molecule has 2 aliphatic rings. The number of rotatable bonds is 4. The summed E-state index contributed by atoms with van der Waals surface area (Å²) in [6.07, 6.45) is 11.7. The third kappa shape index (κ3) is 3.88. The number of para-hydroxylation sites is 3. The maximum absolute atomic E-state index is 5.43. The summed E-state index contributed by atoms with van der Waals surface area (Å²) < 4.78 is 4.79. The molecule has 1 aliphatic heterocycles. The number of allylic oxidation sites excluding steroid dienone is 5. The first kappa shape index (κ1) is 24.9. The lowest BCUT2D eigenvalue weighted by molar-refractivity contribution is 0.504. The minimum Gasteiger partial charge on any atom is -0.346 e. The van der Waals surface area contributed by atoms with Crippen molar-refractivity contribution in [2.45, 2.75) is 12.7 Å². The molecule has 1 aliphatic carbocycles. The van der Waals surface area contributed by atoms with Crippen molar-refractivity contribution in [2.24, 2.45) is 10.9 Å². The van der Waals surface area contributed by atoms with Crippen molar-refractivity contribution in [3.63, 3.8) is 0 Å². The van der Waals surface area contributed by atoms with Crippen LogP contribution in [0.1, 0.15) is 18.3 Å². The monoisotopic (exact) mass is 566 g/mol. The molecule has 0 radical (unpaired) electrons. The van der Waals surface area contributed by atoms with Gasteiger partial charge in [0.2, 0.25) is 6.29 Å². The summed E-state index contributed by atoms with van der Waals surface area (Å²) in [6, 6.07) is 43.5. The van der Waals surface area contributed by atoms with Crippen LogP contribution >= 0.6 is 0 Å². The molecule has 4 nitrogen and oxygen atoms in total. The SMILES string of the molecule is C1=CCC(C2=NC(n3c4ccccc4c4cc5c6ccccc6n(-c6ccccc6)c5cc43)NC(c3ccccc3)=C2)C=C1. The normalized spacial score (nSPS) is 18.2. The molecule has 44 heavy (non-hydrogen) atoms. The van der Waals surface area contributed by atoms with E-state index in [2.05, 4.69) is 166 Å². The molecular formula is C40H30N4. The molecule has 3 heterocycles. The van der Waals surface area contributed by atoms with Crippen LogP contribution in [-0.2, 0) is 0 Å². The van der Waals surface area contributed by atoms with Crippen molar-refractivity contribution < 1.29 is 0 Å². The molecule has 2 aromatic heterocycles. The zero-order valence-electron chi connectivity index (χ0n) is 24.1. The van der Waals surface area contributed by atoms with Crippen LogP contribution < -0.4 is 5.32 Å². The van der Waals surface area contributed by atoms with Crippen LogP contribution in [-0.4, -0.2) is 14.8 Å². The Morgan fingerprint density at radius 1 is 0.614 bits per heavy atom. The topological polar surface area (TPSA) is 34.2 Å². The Bertz CT molecular complexity index is 2330. The predicted molar refractivity (Wildman–Crippen MR) is 184 cm³/mol. The Kier molecular flexibility index (Phi) is 5.66. The molecule has 4 heteroatoms. The fourth-order valence-corrected chi connectivity index (χ4v) is 7.03. The summed E-state index contributed by atoms with van der Waals surface area (Å²) in [6.45, 7) is 0. The van der Waals surface area contributed by atoms with Gasteiger partial charge in [0.05, 0.1) is 22.1 Å². The van der Waals surface area contributed by atoms with Crippen molar-refractivity contribution in [3.05, 3.63) is 157 Å². The number of hydrogen-bond donors (Lipinski definition) is 1. The molecule has 7 aromatic rings. The van der Waals surface area contributed by atoms with Gasteiger partial charge in [-0.2, -0.15) is 0 Å². The Morgan fingerprint density at radius 3 is 2.07 bits per heavy atom. The van der Waals surface area contributed by atoms with E-state index in [1.807, 2.05) is 0 Å². The molecule has 2 atom stereocenters. The van der Waals surface area contributed by atoms with E-state index in [4.69, 9.17) is 4.99 Å². The van der Waals surface area contributed by atoms with Gasteiger partial charge in [0.25, 0.3) is 0 Å². The summed E-state index contributed by atoms with van der Waals surface area (Å²) >= 11 is 0. The molecule has 1 N–H and O–H groups in total. The van der Waals surface area contributed by atoms with Crippen LogP contribution in [0.5, 0.6) is 0 Å². The van der Waals surface area contributed by atoms with Crippen molar-refractivity contribution in [1.29, 1.82) is 0 Å². The summed E-state index contributed by atoms with van der Waals surface area (Å²) in [5.74, 6) is 0.240. The Morgan fingerprint density at radius 2 is 1.30 bits per heavy atom. The molecule has 0 bridgehead atoms. The second-order valence-corrected chi connectivity index (χ2v) is 11.6. The Balaban J connectivity index is 1.33. The predicted octanol–water partition coefficient (Wildman–Crippen LogP) is 9.57. The highest BCUT2D eigenvalue weighted by molar-refractivity contribution is 6.18. The van der Waals surface area contributed by atoms with Crippen LogP contribution in [0.15, 0.2) is 157 Å². The maximum Gasteiger partial charge on any atom is 0.201 e. The van der Waals surface area contributed by atoms with E-state index in [0.29, 0.717) is 0 Å². The third-order valence-corrected chi connectivity index (χ3v) is 9.06. The van der Waals surface area contributed by atoms with Crippen molar-refractivity contribution in [3.8, 4) is 5.69 Å². The number of nitrogens with one attached hydrogen (secondary N) is 1.